The zero-order chi connectivity index (χ0) is 15.3. The summed E-state index contributed by atoms with van der Waals surface area (Å²) >= 11 is 0. The summed E-state index contributed by atoms with van der Waals surface area (Å²) in [6, 6.07) is 5.60. The van der Waals surface area contributed by atoms with E-state index in [4.69, 9.17) is 4.74 Å². The highest BCUT2D eigenvalue weighted by Crippen LogP contribution is 2.47. The number of fused-ring (bicyclic) bond motifs is 2. The van der Waals surface area contributed by atoms with Crippen LogP contribution in [0.1, 0.15) is 43.2 Å². The van der Waals surface area contributed by atoms with E-state index in [1.165, 1.54) is 0 Å². The Labute approximate surface area is 126 Å². The third-order valence-corrected chi connectivity index (χ3v) is 7.71. The SMILES string of the molecule is COc1ccc(C2(O)CC3CCCC(C2)S3(=O)=O)c(C)c1. The largest absolute Gasteiger partial charge is 0.497 e. The minimum absolute atomic E-state index is 0.318. The third kappa shape index (κ3) is 2.36. The van der Waals surface area contributed by atoms with Crippen LogP contribution in [-0.4, -0.2) is 31.1 Å². The van der Waals surface area contributed by atoms with Crippen molar-refractivity contribution in [2.24, 2.45) is 0 Å². The highest BCUT2D eigenvalue weighted by Gasteiger charge is 2.51. The molecular formula is C16H22O4S. The molecule has 5 heteroatoms. The van der Waals surface area contributed by atoms with Crippen molar-refractivity contribution < 1.29 is 18.3 Å². The Bertz CT molecular complexity index is 630. The van der Waals surface area contributed by atoms with Gasteiger partial charge in [-0.25, -0.2) is 8.42 Å². The zero-order valence-electron chi connectivity index (χ0n) is 12.5. The molecule has 0 spiro atoms. The number of methoxy groups -OCH3 is 1. The molecule has 0 aliphatic carbocycles. The molecule has 2 atom stereocenters. The lowest BCUT2D eigenvalue weighted by molar-refractivity contribution is 0.00442. The summed E-state index contributed by atoms with van der Waals surface area (Å²) in [6.45, 7) is 1.94. The first-order valence-corrected chi connectivity index (χ1v) is 9.08. The van der Waals surface area contributed by atoms with Gasteiger partial charge in [-0.3, -0.25) is 0 Å². The molecule has 1 N–H and O–H groups in total. The maximum absolute atomic E-state index is 12.4. The van der Waals surface area contributed by atoms with Gasteiger partial charge in [-0.05, 0) is 55.9 Å². The van der Waals surface area contributed by atoms with Crippen molar-refractivity contribution in [3.8, 4) is 5.75 Å². The molecule has 0 radical (unpaired) electrons. The van der Waals surface area contributed by atoms with Gasteiger partial charge in [-0.1, -0.05) is 12.5 Å². The van der Waals surface area contributed by atoms with E-state index in [9.17, 15) is 13.5 Å². The number of aliphatic hydroxyl groups is 1. The van der Waals surface area contributed by atoms with Crippen molar-refractivity contribution in [1.29, 1.82) is 0 Å². The van der Waals surface area contributed by atoms with Crippen LogP contribution in [0.15, 0.2) is 18.2 Å². The molecule has 21 heavy (non-hydrogen) atoms. The fourth-order valence-electron chi connectivity index (χ4n) is 3.95. The lowest BCUT2D eigenvalue weighted by Crippen LogP contribution is -2.50. The predicted molar refractivity (Wildman–Crippen MR) is 81.2 cm³/mol. The lowest BCUT2D eigenvalue weighted by atomic mass is 9.79. The Morgan fingerprint density at radius 1 is 1.24 bits per heavy atom. The van der Waals surface area contributed by atoms with Gasteiger partial charge in [-0.2, -0.15) is 0 Å². The van der Waals surface area contributed by atoms with Crippen LogP contribution in [0.2, 0.25) is 0 Å². The quantitative estimate of drug-likeness (QED) is 0.910. The molecule has 2 fully saturated rings. The second-order valence-electron chi connectivity index (χ2n) is 6.38. The first-order chi connectivity index (χ1) is 9.87. The topological polar surface area (TPSA) is 63.6 Å². The molecule has 2 bridgehead atoms. The summed E-state index contributed by atoms with van der Waals surface area (Å²) in [7, 11) is -1.44. The number of aryl methyl sites for hydroxylation is 1. The number of sulfone groups is 1. The summed E-state index contributed by atoms with van der Waals surface area (Å²) in [4.78, 5) is 0. The molecule has 1 aromatic carbocycles. The molecule has 3 rings (SSSR count). The fourth-order valence-corrected chi connectivity index (χ4v) is 6.50. The van der Waals surface area contributed by atoms with Gasteiger partial charge >= 0.3 is 0 Å². The van der Waals surface area contributed by atoms with Gasteiger partial charge in [0.1, 0.15) is 5.75 Å². The van der Waals surface area contributed by atoms with Crippen LogP contribution >= 0.6 is 0 Å². The molecule has 2 aliphatic heterocycles. The Balaban J connectivity index is 1.99. The maximum atomic E-state index is 12.4. The Kier molecular flexibility index (Phi) is 3.53. The molecule has 0 saturated carbocycles. The number of hydrogen-bond donors (Lipinski definition) is 1. The van der Waals surface area contributed by atoms with Crippen LogP contribution in [0.3, 0.4) is 0 Å². The van der Waals surface area contributed by atoms with Crippen molar-refractivity contribution in [3.05, 3.63) is 29.3 Å². The highest BCUT2D eigenvalue weighted by molar-refractivity contribution is 7.92. The standard InChI is InChI=1S/C16H22O4S/c1-11-8-12(20-2)6-7-15(11)16(17)9-13-4-3-5-14(10-16)21(13,18)19/h6-8,13-14,17H,3-5,9-10H2,1-2H3. The van der Waals surface area contributed by atoms with E-state index < -0.39 is 25.9 Å². The van der Waals surface area contributed by atoms with Gasteiger partial charge in [0.25, 0.3) is 0 Å². The number of ether oxygens (including phenoxy) is 1. The second-order valence-corrected chi connectivity index (χ2v) is 8.90. The van der Waals surface area contributed by atoms with Crippen LogP contribution < -0.4 is 4.74 Å². The minimum atomic E-state index is -3.05. The van der Waals surface area contributed by atoms with E-state index in [0.29, 0.717) is 25.7 Å². The normalized spacial score (nSPS) is 34.4. The molecule has 2 heterocycles. The molecule has 0 aromatic heterocycles. The van der Waals surface area contributed by atoms with Gasteiger partial charge < -0.3 is 9.84 Å². The summed E-state index contributed by atoms with van der Waals surface area (Å²) in [5, 5.41) is 10.3. The first-order valence-electron chi connectivity index (χ1n) is 7.47. The fraction of sp³-hybridized carbons (Fsp3) is 0.625. The third-order valence-electron chi connectivity index (χ3n) is 5.05. The Hall–Kier alpha value is -1.07. The van der Waals surface area contributed by atoms with Gasteiger partial charge in [0, 0.05) is 0 Å². The lowest BCUT2D eigenvalue weighted by Gasteiger charge is -2.44. The monoisotopic (exact) mass is 310 g/mol. The van der Waals surface area contributed by atoms with Gasteiger partial charge in [0.05, 0.1) is 23.2 Å². The smallest absolute Gasteiger partial charge is 0.156 e. The van der Waals surface area contributed by atoms with Crippen molar-refractivity contribution in [2.45, 2.75) is 55.1 Å². The van der Waals surface area contributed by atoms with Gasteiger partial charge in [-0.15, -0.1) is 0 Å². The van der Waals surface area contributed by atoms with Crippen LogP contribution in [0.4, 0.5) is 0 Å². The van der Waals surface area contributed by atoms with Crippen LogP contribution in [-0.2, 0) is 15.4 Å². The number of benzene rings is 1. The summed E-state index contributed by atoms with van der Waals surface area (Å²) < 4.78 is 29.9. The van der Waals surface area contributed by atoms with Crippen LogP contribution in [0.5, 0.6) is 5.75 Å². The minimum Gasteiger partial charge on any atom is -0.497 e. The van der Waals surface area contributed by atoms with E-state index in [2.05, 4.69) is 0 Å². The van der Waals surface area contributed by atoms with Gasteiger partial charge in [0.2, 0.25) is 0 Å². The first kappa shape index (κ1) is 14.9. The van der Waals surface area contributed by atoms with E-state index in [0.717, 1.165) is 23.3 Å². The molecule has 116 valence electrons. The molecule has 2 saturated heterocycles. The van der Waals surface area contributed by atoms with E-state index in [1.54, 1.807) is 7.11 Å². The summed E-state index contributed by atoms with van der Waals surface area (Å²) in [6.07, 6.45) is 2.94. The highest BCUT2D eigenvalue weighted by atomic mass is 32.2. The van der Waals surface area contributed by atoms with Crippen molar-refractivity contribution in [2.75, 3.05) is 7.11 Å². The van der Waals surface area contributed by atoms with Crippen LogP contribution in [0.25, 0.3) is 0 Å². The van der Waals surface area contributed by atoms with Crippen LogP contribution in [0, 0.1) is 6.92 Å². The number of hydrogen-bond acceptors (Lipinski definition) is 4. The predicted octanol–water partition coefficient (Wildman–Crippen LogP) is 2.32. The molecule has 0 amide bonds. The van der Waals surface area contributed by atoms with Crippen molar-refractivity contribution in [1.82, 2.24) is 0 Å². The molecule has 1 aromatic rings. The van der Waals surface area contributed by atoms with Crippen molar-refractivity contribution in [3.63, 3.8) is 0 Å². The Morgan fingerprint density at radius 2 is 1.86 bits per heavy atom. The molecular weight excluding hydrogens is 288 g/mol. The van der Waals surface area contributed by atoms with Gasteiger partial charge in [0.15, 0.2) is 9.84 Å². The second kappa shape index (κ2) is 4.99. The molecule has 2 aliphatic rings. The zero-order valence-corrected chi connectivity index (χ0v) is 13.3. The average molecular weight is 310 g/mol. The van der Waals surface area contributed by atoms with E-state index >= 15 is 0 Å². The molecule has 4 nitrogen and oxygen atoms in total. The Morgan fingerprint density at radius 3 is 2.38 bits per heavy atom. The maximum Gasteiger partial charge on any atom is 0.156 e. The summed E-state index contributed by atoms with van der Waals surface area (Å²) in [5.74, 6) is 0.753. The number of rotatable bonds is 2. The summed E-state index contributed by atoms with van der Waals surface area (Å²) in [5.41, 5.74) is 0.765. The molecule has 2 unspecified atom stereocenters. The van der Waals surface area contributed by atoms with E-state index in [1.807, 2.05) is 25.1 Å². The average Bonchev–Trinajstić information content (AvgIpc) is 2.40. The van der Waals surface area contributed by atoms with E-state index in [-0.39, 0.29) is 0 Å². The van der Waals surface area contributed by atoms with Crippen molar-refractivity contribution >= 4 is 9.84 Å².